The quantitative estimate of drug-likeness (QED) is 0.468. The first-order valence-electron chi connectivity index (χ1n) is 10.5. The van der Waals surface area contributed by atoms with E-state index < -0.39 is 0 Å². The van der Waals surface area contributed by atoms with Gasteiger partial charge in [-0.25, -0.2) is 14.7 Å². The van der Waals surface area contributed by atoms with E-state index in [1.165, 1.54) is 4.90 Å². The Kier molecular flexibility index (Phi) is 10.5. The third-order valence-electron chi connectivity index (χ3n) is 4.32. The molecule has 31 heavy (non-hydrogen) atoms. The van der Waals surface area contributed by atoms with E-state index in [9.17, 15) is 4.79 Å². The number of hydrogen-bond acceptors (Lipinski definition) is 7. The van der Waals surface area contributed by atoms with Crippen molar-refractivity contribution in [2.75, 3.05) is 50.8 Å². The van der Waals surface area contributed by atoms with Crippen LogP contribution >= 0.6 is 0 Å². The Balaban J connectivity index is 2.23. The van der Waals surface area contributed by atoms with Crippen molar-refractivity contribution in [1.29, 1.82) is 0 Å². The predicted octanol–water partition coefficient (Wildman–Crippen LogP) is 3.60. The van der Waals surface area contributed by atoms with Gasteiger partial charge in [0.05, 0.1) is 18.9 Å². The average Bonchev–Trinajstić information content (AvgIpc) is 2.76. The number of amides is 2. The standard InChI is InChI=1S/C22H33N5O4/c1-5-31-19-10-8-18(9-11-19)27(22(28)24-13-6-7-15-29-3)20-12-14-23-21(26-20)25-17(2)16-30-4/h8-12,14,17H,5-7,13,15-16H2,1-4H3,(H,24,28)(H,23,25,26)/t17-/m0/s1. The summed E-state index contributed by atoms with van der Waals surface area (Å²) in [5.41, 5.74) is 0.674. The van der Waals surface area contributed by atoms with Gasteiger partial charge in [0.15, 0.2) is 0 Å². The van der Waals surface area contributed by atoms with Crippen molar-refractivity contribution in [3.8, 4) is 5.75 Å². The van der Waals surface area contributed by atoms with Crippen molar-refractivity contribution in [3.63, 3.8) is 0 Å². The van der Waals surface area contributed by atoms with E-state index in [0.717, 1.165) is 18.6 Å². The second-order valence-corrected chi connectivity index (χ2v) is 6.93. The Labute approximate surface area is 184 Å². The lowest BCUT2D eigenvalue weighted by molar-refractivity contribution is 0.190. The maximum Gasteiger partial charge on any atom is 0.327 e. The van der Waals surface area contributed by atoms with Crippen LogP contribution in [0.15, 0.2) is 36.5 Å². The lowest BCUT2D eigenvalue weighted by Gasteiger charge is -2.23. The van der Waals surface area contributed by atoms with Gasteiger partial charge in [0.25, 0.3) is 0 Å². The van der Waals surface area contributed by atoms with Crippen molar-refractivity contribution in [2.45, 2.75) is 32.7 Å². The van der Waals surface area contributed by atoms with E-state index in [2.05, 4.69) is 20.6 Å². The molecule has 0 aliphatic carbocycles. The Bertz CT molecular complexity index is 788. The van der Waals surface area contributed by atoms with Crippen LogP contribution in [0.5, 0.6) is 5.75 Å². The molecule has 0 saturated carbocycles. The number of nitrogens with zero attached hydrogens (tertiary/aromatic N) is 3. The van der Waals surface area contributed by atoms with Gasteiger partial charge in [-0.15, -0.1) is 0 Å². The molecule has 9 heteroatoms. The Morgan fingerprint density at radius 3 is 2.58 bits per heavy atom. The van der Waals surface area contributed by atoms with Gasteiger partial charge >= 0.3 is 6.03 Å². The first kappa shape index (κ1) is 24.4. The number of carbonyl (C=O) groups excluding carboxylic acids is 1. The molecule has 170 valence electrons. The third kappa shape index (κ3) is 8.03. The molecule has 0 fully saturated rings. The van der Waals surface area contributed by atoms with Crippen LogP contribution in [-0.2, 0) is 9.47 Å². The number of nitrogens with one attached hydrogen (secondary N) is 2. The number of carbonyl (C=O) groups is 1. The van der Waals surface area contributed by atoms with Crippen molar-refractivity contribution in [1.82, 2.24) is 15.3 Å². The van der Waals surface area contributed by atoms with Gasteiger partial charge in [-0.3, -0.25) is 0 Å². The maximum atomic E-state index is 13.1. The van der Waals surface area contributed by atoms with Crippen LogP contribution in [0.25, 0.3) is 0 Å². The summed E-state index contributed by atoms with van der Waals surface area (Å²) in [4.78, 5) is 23.4. The molecule has 2 rings (SSSR count). The summed E-state index contributed by atoms with van der Waals surface area (Å²) in [5, 5.41) is 6.14. The smallest absolute Gasteiger partial charge is 0.327 e. The number of rotatable bonds is 13. The first-order chi connectivity index (χ1) is 15.1. The van der Waals surface area contributed by atoms with Crippen molar-refractivity contribution in [3.05, 3.63) is 36.5 Å². The molecule has 1 heterocycles. The average molecular weight is 432 g/mol. The molecule has 1 aromatic carbocycles. The highest BCUT2D eigenvalue weighted by atomic mass is 16.5. The molecule has 2 aromatic rings. The molecular formula is C22H33N5O4. The zero-order chi connectivity index (χ0) is 22.5. The highest BCUT2D eigenvalue weighted by Gasteiger charge is 2.20. The van der Waals surface area contributed by atoms with Gasteiger partial charge in [0.2, 0.25) is 5.95 Å². The summed E-state index contributed by atoms with van der Waals surface area (Å²) >= 11 is 0. The van der Waals surface area contributed by atoms with Crippen molar-refractivity contribution >= 4 is 23.5 Å². The molecule has 0 bridgehead atoms. The molecule has 9 nitrogen and oxygen atoms in total. The molecule has 0 saturated heterocycles. The van der Waals surface area contributed by atoms with Gasteiger partial charge in [-0.05, 0) is 51.0 Å². The summed E-state index contributed by atoms with van der Waals surface area (Å²) in [6.07, 6.45) is 3.32. The van der Waals surface area contributed by atoms with Gasteiger partial charge in [0, 0.05) is 45.7 Å². The van der Waals surface area contributed by atoms with Crippen LogP contribution in [0.4, 0.5) is 22.2 Å². The van der Waals surface area contributed by atoms with E-state index in [1.807, 2.05) is 38.1 Å². The fourth-order valence-corrected chi connectivity index (χ4v) is 2.91. The van der Waals surface area contributed by atoms with E-state index in [0.29, 0.717) is 43.8 Å². The fraction of sp³-hybridized carbons (Fsp3) is 0.500. The summed E-state index contributed by atoms with van der Waals surface area (Å²) in [5.74, 6) is 1.62. The molecule has 0 aliphatic heterocycles. The zero-order valence-corrected chi connectivity index (χ0v) is 18.8. The van der Waals surface area contributed by atoms with E-state index in [1.54, 1.807) is 26.5 Å². The lowest BCUT2D eigenvalue weighted by atomic mass is 10.2. The topological polar surface area (TPSA) is 97.8 Å². The molecule has 1 atom stereocenters. The van der Waals surface area contributed by atoms with Crippen molar-refractivity contribution in [2.24, 2.45) is 0 Å². The normalized spacial score (nSPS) is 11.6. The molecule has 0 spiro atoms. The molecular weight excluding hydrogens is 398 g/mol. The highest BCUT2D eigenvalue weighted by Crippen LogP contribution is 2.26. The van der Waals surface area contributed by atoms with Crippen molar-refractivity contribution < 1.29 is 19.0 Å². The van der Waals surface area contributed by atoms with Crippen LogP contribution in [0.1, 0.15) is 26.7 Å². The van der Waals surface area contributed by atoms with Gasteiger partial charge in [-0.2, -0.15) is 4.98 Å². The summed E-state index contributed by atoms with van der Waals surface area (Å²) < 4.78 is 15.7. The number of urea groups is 1. The first-order valence-corrected chi connectivity index (χ1v) is 10.5. The largest absolute Gasteiger partial charge is 0.494 e. The molecule has 1 aromatic heterocycles. The SMILES string of the molecule is CCOc1ccc(N(C(=O)NCCCCOC)c2ccnc(N[C@@H](C)COC)n2)cc1. The van der Waals surface area contributed by atoms with Gasteiger partial charge in [0.1, 0.15) is 11.6 Å². The summed E-state index contributed by atoms with van der Waals surface area (Å²) in [6, 6.07) is 8.78. The lowest BCUT2D eigenvalue weighted by Crippen LogP contribution is -2.38. The van der Waals surface area contributed by atoms with Crippen LogP contribution in [-0.4, -0.2) is 62.6 Å². The molecule has 2 amide bonds. The van der Waals surface area contributed by atoms with E-state index >= 15 is 0 Å². The number of aromatic nitrogens is 2. The number of unbranched alkanes of at least 4 members (excludes halogenated alkanes) is 1. The summed E-state index contributed by atoms with van der Waals surface area (Å²) in [6.45, 7) is 6.19. The predicted molar refractivity (Wildman–Crippen MR) is 121 cm³/mol. The van der Waals surface area contributed by atoms with Crippen LogP contribution < -0.4 is 20.3 Å². The number of benzene rings is 1. The molecule has 0 radical (unpaired) electrons. The van der Waals surface area contributed by atoms with E-state index in [-0.39, 0.29) is 12.1 Å². The maximum absolute atomic E-state index is 13.1. The minimum absolute atomic E-state index is 0.0220. The van der Waals surface area contributed by atoms with E-state index in [4.69, 9.17) is 14.2 Å². The Hall–Kier alpha value is -2.91. The number of methoxy groups -OCH3 is 2. The van der Waals surface area contributed by atoms with Gasteiger partial charge < -0.3 is 24.8 Å². The third-order valence-corrected chi connectivity index (χ3v) is 4.32. The molecule has 2 N–H and O–H groups in total. The van der Waals surface area contributed by atoms with Gasteiger partial charge in [-0.1, -0.05) is 0 Å². The monoisotopic (exact) mass is 431 g/mol. The van der Waals surface area contributed by atoms with Crippen LogP contribution in [0.3, 0.4) is 0 Å². The van der Waals surface area contributed by atoms with Crippen LogP contribution in [0.2, 0.25) is 0 Å². The molecule has 0 aliphatic rings. The number of hydrogen-bond donors (Lipinski definition) is 2. The summed E-state index contributed by atoms with van der Waals surface area (Å²) in [7, 11) is 3.31. The number of ether oxygens (including phenoxy) is 3. The molecule has 0 unspecified atom stereocenters. The van der Waals surface area contributed by atoms with Crippen LogP contribution in [0, 0.1) is 0 Å². The Morgan fingerprint density at radius 1 is 1.13 bits per heavy atom. The number of anilines is 3. The minimum Gasteiger partial charge on any atom is -0.494 e. The highest BCUT2D eigenvalue weighted by molar-refractivity contribution is 5.98. The Morgan fingerprint density at radius 2 is 1.90 bits per heavy atom. The zero-order valence-electron chi connectivity index (χ0n) is 18.8. The fourth-order valence-electron chi connectivity index (χ4n) is 2.91. The minimum atomic E-state index is -0.267. The second-order valence-electron chi connectivity index (χ2n) is 6.93. The second kappa shape index (κ2) is 13.4.